The number of amides is 1. The molecule has 1 aliphatic heterocycles. The molecule has 0 aromatic rings. The molecule has 0 unspecified atom stereocenters. The van der Waals surface area contributed by atoms with Gasteiger partial charge in [0.2, 0.25) is 0 Å². The van der Waals surface area contributed by atoms with Crippen molar-refractivity contribution in [1.82, 2.24) is 5.32 Å². The van der Waals surface area contributed by atoms with E-state index in [4.69, 9.17) is 9.84 Å². The molecule has 9 heteroatoms. The van der Waals surface area contributed by atoms with Crippen LogP contribution in [0.4, 0.5) is 0 Å². The van der Waals surface area contributed by atoms with E-state index in [1.54, 1.807) is 0 Å². The molecule has 1 saturated heterocycles. The number of carbonyl (C=O) groups is 2. The summed E-state index contributed by atoms with van der Waals surface area (Å²) in [5.74, 6) is -2.33. The van der Waals surface area contributed by atoms with Crippen molar-refractivity contribution in [2.75, 3.05) is 13.2 Å². The van der Waals surface area contributed by atoms with Gasteiger partial charge in [-0.05, 0) is 6.92 Å². The van der Waals surface area contributed by atoms with Crippen molar-refractivity contribution in [3.63, 3.8) is 0 Å². The lowest BCUT2D eigenvalue weighted by Gasteiger charge is -2.39. The number of carbonyl (C=O) groups excluding carboxylic acids is 2. The molecule has 1 rings (SSSR count). The molecule has 5 atom stereocenters. The van der Waals surface area contributed by atoms with Crippen molar-refractivity contribution in [1.29, 1.82) is 0 Å². The second-order valence-corrected chi connectivity index (χ2v) is 3.94. The number of ether oxygens (including phenoxy) is 2. The summed E-state index contributed by atoms with van der Waals surface area (Å²) in [6, 6.07) is 0. The van der Waals surface area contributed by atoms with Crippen LogP contribution in [-0.4, -0.2) is 76.2 Å². The minimum Gasteiger partial charge on any atom is -0.459 e. The minimum atomic E-state index is -1.64. The predicted molar refractivity (Wildman–Crippen MR) is 58.5 cm³/mol. The molecule has 0 spiro atoms. The Kier molecular flexibility index (Phi) is 5.63. The molecule has 1 fully saturated rings. The summed E-state index contributed by atoms with van der Waals surface area (Å²) in [7, 11) is 0. The van der Waals surface area contributed by atoms with E-state index in [1.807, 2.05) is 5.32 Å². The normalized spacial score (nSPS) is 34.7. The highest BCUT2D eigenvalue weighted by Gasteiger charge is 2.44. The summed E-state index contributed by atoms with van der Waals surface area (Å²) in [5.41, 5.74) is 0. The molecule has 19 heavy (non-hydrogen) atoms. The molecule has 0 bridgehead atoms. The first-order chi connectivity index (χ1) is 8.92. The minimum absolute atomic E-state index is 0.000927. The number of hydrogen-bond acceptors (Lipinski definition) is 8. The van der Waals surface area contributed by atoms with E-state index in [1.165, 1.54) is 6.92 Å². The van der Waals surface area contributed by atoms with Gasteiger partial charge in [0.15, 0.2) is 6.23 Å². The molecule has 110 valence electrons. The smallest absolute Gasteiger partial charge is 0.396 e. The number of aliphatic hydroxyl groups is 4. The highest BCUT2D eigenvalue weighted by molar-refractivity contribution is 6.32. The van der Waals surface area contributed by atoms with Gasteiger partial charge in [0, 0.05) is 0 Å². The fourth-order valence-corrected chi connectivity index (χ4v) is 1.61. The van der Waals surface area contributed by atoms with Crippen LogP contribution in [0.25, 0.3) is 0 Å². The molecule has 0 aliphatic carbocycles. The zero-order valence-electron chi connectivity index (χ0n) is 10.2. The van der Waals surface area contributed by atoms with Gasteiger partial charge < -0.3 is 35.2 Å². The zero-order valence-corrected chi connectivity index (χ0v) is 10.2. The van der Waals surface area contributed by atoms with Gasteiger partial charge in [0.1, 0.15) is 24.4 Å². The van der Waals surface area contributed by atoms with Crippen LogP contribution in [-0.2, 0) is 19.1 Å². The van der Waals surface area contributed by atoms with Crippen LogP contribution in [0.3, 0.4) is 0 Å². The maximum atomic E-state index is 11.3. The number of nitrogens with one attached hydrogen (secondary N) is 1. The fourth-order valence-electron chi connectivity index (χ4n) is 1.61. The van der Waals surface area contributed by atoms with Crippen LogP contribution in [0, 0.1) is 0 Å². The maximum Gasteiger partial charge on any atom is 0.396 e. The van der Waals surface area contributed by atoms with Crippen LogP contribution in [0.1, 0.15) is 6.92 Å². The van der Waals surface area contributed by atoms with E-state index in [0.717, 1.165) is 0 Å². The summed E-state index contributed by atoms with van der Waals surface area (Å²) in [5, 5.41) is 39.5. The van der Waals surface area contributed by atoms with Gasteiger partial charge in [-0.1, -0.05) is 0 Å². The SMILES string of the molecule is CCOC(=O)C(=O)N[C@@H]1O[C@H](CO)[C@@H](O)[C@H](O)[C@H]1O. The Morgan fingerprint density at radius 3 is 2.37 bits per heavy atom. The first-order valence-corrected chi connectivity index (χ1v) is 5.70. The molecule has 0 radical (unpaired) electrons. The Balaban J connectivity index is 2.66. The van der Waals surface area contributed by atoms with Crippen LogP contribution in [0.15, 0.2) is 0 Å². The van der Waals surface area contributed by atoms with E-state index in [2.05, 4.69) is 4.74 Å². The summed E-state index contributed by atoms with van der Waals surface area (Å²) in [6.45, 7) is 0.886. The summed E-state index contributed by atoms with van der Waals surface area (Å²) < 4.78 is 9.41. The Morgan fingerprint density at radius 2 is 1.84 bits per heavy atom. The summed E-state index contributed by atoms with van der Waals surface area (Å²) in [6.07, 6.45) is -7.40. The van der Waals surface area contributed by atoms with Crippen molar-refractivity contribution in [3.8, 4) is 0 Å². The van der Waals surface area contributed by atoms with Gasteiger partial charge in [-0.2, -0.15) is 0 Å². The molecular formula is C10H17NO8. The molecule has 0 saturated carbocycles. The standard InChI is InChI=1S/C10H17NO8/c1-2-18-10(17)8(16)11-9-7(15)6(14)5(13)4(3-12)19-9/h4-7,9,12-15H,2-3H2,1H3,(H,11,16)/t4-,5-,6+,7-,9-/m1/s1. The lowest BCUT2D eigenvalue weighted by Crippen LogP contribution is -2.63. The van der Waals surface area contributed by atoms with Gasteiger partial charge in [-0.15, -0.1) is 0 Å². The van der Waals surface area contributed by atoms with E-state index < -0.39 is 49.1 Å². The van der Waals surface area contributed by atoms with Gasteiger partial charge in [-0.3, -0.25) is 4.79 Å². The quantitative estimate of drug-likeness (QED) is 0.264. The topological polar surface area (TPSA) is 146 Å². The highest BCUT2D eigenvalue weighted by Crippen LogP contribution is 2.19. The number of esters is 1. The second-order valence-electron chi connectivity index (χ2n) is 3.94. The van der Waals surface area contributed by atoms with Gasteiger partial charge in [0.25, 0.3) is 0 Å². The summed E-state index contributed by atoms with van der Waals surface area (Å²) >= 11 is 0. The number of rotatable bonds is 3. The fraction of sp³-hybridized carbons (Fsp3) is 0.800. The van der Waals surface area contributed by atoms with E-state index in [0.29, 0.717) is 0 Å². The van der Waals surface area contributed by atoms with E-state index >= 15 is 0 Å². The molecule has 0 aromatic heterocycles. The highest BCUT2D eigenvalue weighted by atomic mass is 16.6. The lowest BCUT2D eigenvalue weighted by atomic mass is 9.98. The Labute approximate surface area is 108 Å². The van der Waals surface area contributed by atoms with Crippen molar-refractivity contribution >= 4 is 11.9 Å². The maximum absolute atomic E-state index is 11.3. The zero-order chi connectivity index (χ0) is 14.6. The van der Waals surface area contributed by atoms with Crippen molar-refractivity contribution in [2.24, 2.45) is 0 Å². The third-order valence-corrected chi connectivity index (χ3v) is 2.63. The van der Waals surface area contributed by atoms with Crippen LogP contribution >= 0.6 is 0 Å². The summed E-state index contributed by atoms with van der Waals surface area (Å²) in [4.78, 5) is 22.4. The first-order valence-electron chi connectivity index (χ1n) is 5.70. The van der Waals surface area contributed by atoms with Crippen LogP contribution in [0.5, 0.6) is 0 Å². The lowest BCUT2D eigenvalue weighted by molar-refractivity contribution is -0.236. The predicted octanol–water partition coefficient (Wildman–Crippen LogP) is -3.53. The van der Waals surface area contributed by atoms with Crippen molar-refractivity contribution < 1.29 is 39.5 Å². The molecule has 1 heterocycles. The monoisotopic (exact) mass is 279 g/mol. The van der Waals surface area contributed by atoms with Gasteiger partial charge in [-0.25, -0.2) is 4.79 Å². The Morgan fingerprint density at radius 1 is 1.21 bits per heavy atom. The second kappa shape index (κ2) is 6.78. The number of hydrogen-bond donors (Lipinski definition) is 5. The third-order valence-electron chi connectivity index (χ3n) is 2.63. The molecular weight excluding hydrogens is 262 g/mol. The Hall–Kier alpha value is -1.26. The van der Waals surface area contributed by atoms with E-state index in [9.17, 15) is 24.9 Å². The largest absolute Gasteiger partial charge is 0.459 e. The first kappa shape index (κ1) is 15.8. The van der Waals surface area contributed by atoms with Crippen LogP contribution in [0.2, 0.25) is 0 Å². The number of aliphatic hydroxyl groups excluding tert-OH is 4. The molecule has 1 amide bonds. The van der Waals surface area contributed by atoms with Crippen molar-refractivity contribution in [3.05, 3.63) is 0 Å². The van der Waals surface area contributed by atoms with Crippen molar-refractivity contribution in [2.45, 2.75) is 37.6 Å². The van der Waals surface area contributed by atoms with Gasteiger partial charge in [0.05, 0.1) is 13.2 Å². The molecule has 5 N–H and O–H groups in total. The molecule has 9 nitrogen and oxygen atoms in total. The Bertz CT molecular complexity index is 333. The van der Waals surface area contributed by atoms with E-state index in [-0.39, 0.29) is 6.61 Å². The van der Waals surface area contributed by atoms with Gasteiger partial charge >= 0.3 is 11.9 Å². The third kappa shape index (κ3) is 3.61. The molecule has 0 aromatic carbocycles. The average molecular weight is 279 g/mol. The average Bonchev–Trinajstić information content (AvgIpc) is 2.39. The molecule has 1 aliphatic rings. The van der Waals surface area contributed by atoms with Crippen LogP contribution < -0.4 is 5.32 Å².